The fraction of sp³-hybridized carbons (Fsp3) is 0.737. The van der Waals surface area contributed by atoms with Crippen LogP contribution in [0.4, 0.5) is 0 Å². The van der Waals surface area contributed by atoms with Crippen LogP contribution in [0, 0.1) is 5.92 Å². The first-order valence-corrected chi connectivity index (χ1v) is 9.04. The van der Waals surface area contributed by atoms with Crippen LogP contribution in [0.5, 0.6) is 0 Å². The van der Waals surface area contributed by atoms with Crippen molar-refractivity contribution < 1.29 is 0 Å². The van der Waals surface area contributed by atoms with Crippen molar-refractivity contribution in [1.82, 2.24) is 19.7 Å². The van der Waals surface area contributed by atoms with E-state index in [0.717, 1.165) is 12.5 Å². The molecule has 128 valence electrons. The fourth-order valence-electron chi connectivity index (χ4n) is 4.42. The van der Waals surface area contributed by atoms with Gasteiger partial charge in [0.15, 0.2) is 0 Å². The predicted octanol–water partition coefficient (Wildman–Crippen LogP) is 2.32. The van der Waals surface area contributed by atoms with Crippen molar-refractivity contribution in [2.75, 3.05) is 39.3 Å². The van der Waals surface area contributed by atoms with Gasteiger partial charge in [0, 0.05) is 69.8 Å². The molecule has 0 saturated carbocycles. The molecule has 1 aromatic heterocycles. The third kappa shape index (κ3) is 4.11. The number of aromatic nitrogens is 1. The van der Waals surface area contributed by atoms with Crippen LogP contribution in [0.3, 0.4) is 0 Å². The molecule has 0 aliphatic carbocycles. The Morgan fingerprint density at radius 1 is 1.22 bits per heavy atom. The molecule has 3 heterocycles. The summed E-state index contributed by atoms with van der Waals surface area (Å²) >= 11 is 0. The molecular formula is C19H32N4. The molecule has 0 amide bonds. The van der Waals surface area contributed by atoms with Crippen molar-refractivity contribution in [3.8, 4) is 0 Å². The second-order valence-electron chi connectivity index (χ2n) is 8.34. The Bertz CT molecular complexity index is 499. The molecule has 1 aromatic rings. The van der Waals surface area contributed by atoms with E-state index in [0.29, 0.717) is 6.04 Å². The highest BCUT2D eigenvalue weighted by Gasteiger charge is 2.42. The molecule has 4 nitrogen and oxygen atoms in total. The van der Waals surface area contributed by atoms with Crippen LogP contribution < -0.4 is 0 Å². The summed E-state index contributed by atoms with van der Waals surface area (Å²) in [6, 6.07) is 4.89. The summed E-state index contributed by atoms with van der Waals surface area (Å²) in [6.07, 6.45) is 3.86. The molecule has 0 bridgehead atoms. The number of nitrogens with zero attached hydrogens (tertiary/aromatic N) is 4. The molecule has 23 heavy (non-hydrogen) atoms. The van der Waals surface area contributed by atoms with Crippen LogP contribution in [-0.2, 0) is 6.54 Å². The summed E-state index contributed by atoms with van der Waals surface area (Å²) < 4.78 is 0. The van der Waals surface area contributed by atoms with Gasteiger partial charge in [0.05, 0.1) is 0 Å². The van der Waals surface area contributed by atoms with E-state index < -0.39 is 0 Å². The first-order valence-electron chi connectivity index (χ1n) is 9.04. The van der Waals surface area contributed by atoms with E-state index in [1.807, 2.05) is 18.5 Å². The highest BCUT2D eigenvalue weighted by atomic mass is 15.4. The predicted molar refractivity (Wildman–Crippen MR) is 95.4 cm³/mol. The summed E-state index contributed by atoms with van der Waals surface area (Å²) in [5, 5.41) is 0. The van der Waals surface area contributed by atoms with Gasteiger partial charge >= 0.3 is 0 Å². The van der Waals surface area contributed by atoms with Crippen LogP contribution in [-0.4, -0.2) is 70.5 Å². The molecule has 2 saturated heterocycles. The zero-order valence-corrected chi connectivity index (χ0v) is 15.2. The van der Waals surface area contributed by atoms with E-state index in [9.17, 15) is 0 Å². The smallest absolute Gasteiger partial charge is 0.0356 e. The average Bonchev–Trinajstić information content (AvgIpc) is 2.46. The second-order valence-corrected chi connectivity index (χ2v) is 8.34. The van der Waals surface area contributed by atoms with Crippen molar-refractivity contribution in [3.63, 3.8) is 0 Å². The largest absolute Gasteiger partial charge is 0.300 e. The fourth-order valence-corrected chi connectivity index (χ4v) is 4.42. The monoisotopic (exact) mass is 316 g/mol. The standard InChI is InChI=1S/C19H32N4/c1-16(2)11-22-14-18-13-21(12-17-6-5-7-20-10-17)8-9-23(18)19(3,4)15-22/h5-7,10,16,18H,8-9,11-15H2,1-4H3/t18-/m0/s1. The maximum Gasteiger partial charge on any atom is 0.0356 e. The SMILES string of the molecule is CC(C)CN1C[C@@H]2CN(Cc3cccnc3)CCN2C(C)(C)C1. The van der Waals surface area contributed by atoms with Gasteiger partial charge in [-0.15, -0.1) is 0 Å². The summed E-state index contributed by atoms with van der Waals surface area (Å²) in [5.41, 5.74) is 1.62. The molecule has 0 aromatic carbocycles. The first kappa shape index (κ1) is 16.9. The van der Waals surface area contributed by atoms with Crippen LogP contribution in [0.1, 0.15) is 33.3 Å². The van der Waals surface area contributed by atoms with Crippen molar-refractivity contribution in [2.24, 2.45) is 5.92 Å². The molecule has 3 rings (SSSR count). The lowest BCUT2D eigenvalue weighted by atomic mass is 9.92. The zero-order chi connectivity index (χ0) is 16.4. The van der Waals surface area contributed by atoms with Gasteiger partial charge in [0.2, 0.25) is 0 Å². The van der Waals surface area contributed by atoms with E-state index in [1.165, 1.54) is 44.8 Å². The number of piperazine rings is 2. The van der Waals surface area contributed by atoms with Crippen LogP contribution >= 0.6 is 0 Å². The van der Waals surface area contributed by atoms with Gasteiger partial charge in [-0.3, -0.25) is 19.7 Å². The van der Waals surface area contributed by atoms with Crippen molar-refractivity contribution in [3.05, 3.63) is 30.1 Å². The second kappa shape index (κ2) is 6.88. The van der Waals surface area contributed by atoms with Crippen molar-refractivity contribution in [2.45, 2.75) is 45.8 Å². The van der Waals surface area contributed by atoms with Crippen LogP contribution in [0.25, 0.3) is 0 Å². The molecule has 2 aliphatic rings. The molecule has 0 radical (unpaired) electrons. The lowest BCUT2D eigenvalue weighted by Gasteiger charge is -2.56. The molecular weight excluding hydrogens is 284 g/mol. The quantitative estimate of drug-likeness (QED) is 0.850. The minimum atomic E-state index is 0.290. The average molecular weight is 316 g/mol. The summed E-state index contributed by atoms with van der Waals surface area (Å²) in [6.45, 7) is 17.7. The number of hydrogen-bond acceptors (Lipinski definition) is 4. The summed E-state index contributed by atoms with van der Waals surface area (Å²) in [4.78, 5) is 12.3. The maximum atomic E-state index is 4.25. The molecule has 4 heteroatoms. The van der Waals surface area contributed by atoms with Crippen molar-refractivity contribution in [1.29, 1.82) is 0 Å². The topological polar surface area (TPSA) is 22.6 Å². The van der Waals surface area contributed by atoms with Gasteiger partial charge in [-0.25, -0.2) is 0 Å². The number of pyridine rings is 1. The van der Waals surface area contributed by atoms with Gasteiger partial charge in [0.1, 0.15) is 0 Å². The number of fused-ring (bicyclic) bond motifs is 1. The van der Waals surface area contributed by atoms with E-state index in [4.69, 9.17) is 0 Å². The Morgan fingerprint density at radius 3 is 2.70 bits per heavy atom. The third-order valence-corrected chi connectivity index (χ3v) is 5.18. The highest BCUT2D eigenvalue weighted by molar-refractivity contribution is 5.09. The number of hydrogen-bond donors (Lipinski definition) is 0. The summed E-state index contributed by atoms with van der Waals surface area (Å²) in [5.74, 6) is 0.743. The minimum absolute atomic E-state index is 0.290. The Morgan fingerprint density at radius 2 is 2.00 bits per heavy atom. The third-order valence-electron chi connectivity index (χ3n) is 5.18. The Hall–Kier alpha value is -0.970. The lowest BCUT2D eigenvalue weighted by molar-refractivity contribution is -0.0684. The molecule has 0 spiro atoms. The Kier molecular flexibility index (Phi) is 5.04. The maximum absolute atomic E-state index is 4.25. The molecule has 2 aliphatic heterocycles. The Balaban J connectivity index is 1.65. The normalized spacial score (nSPS) is 26.4. The Labute approximate surface area is 141 Å². The van der Waals surface area contributed by atoms with E-state index in [2.05, 4.69) is 53.4 Å². The van der Waals surface area contributed by atoms with Gasteiger partial charge in [0.25, 0.3) is 0 Å². The molecule has 0 unspecified atom stereocenters. The van der Waals surface area contributed by atoms with E-state index >= 15 is 0 Å². The van der Waals surface area contributed by atoms with E-state index in [1.54, 1.807) is 0 Å². The van der Waals surface area contributed by atoms with Gasteiger partial charge in [-0.05, 0) is 31.4 Å². The van der Waals surface area contributed by atoms with Crippen LogP contribution in [0.2, 0.25) is 0 Å². The minimum Gasteiger partial charge on any atom is -0.300 e. The molecule has 2 fully saturated rings. The lowest BCUT2D eigenvalue weighted by Crippen LogP contribution is -2.69. The van der Waals surface area contributed by atoms with Crippen LogP contribution in [0.15, 0.2) is 24.5 Å². The first-order chi connectivity index (χ1) is 10.9. The zero-order valence-electron chi connectivity index (χ0n) is 15.2. The summed E-state index contributed by atoms with van der Waals surface area (Å²) in [7, 11) is 0. The van der Waals surface area contributed by atoms with Crippen molar-refractivity contribution >= 4 is 0 Å². The van der Waals surface area contributed by atoms with Gasteiger partial charge in [-0.2, -0.15) is 0 Å². The highest BCUT2D eigenvalue weighted by Crippen LogP contribution is 2.28. The van der Waals surface area contributed by atoms with E-state index in [-0.39, 0.29) is 5.54 Å². The van der Waals surface area contributed by atoms with Gasteiger partial charge in [-0.1, -0.05) is 19.9 Å². The number of rotatable bonds is 4. The molecule has 1 atom stereocenters. The molecule has 0 N–H and O–H groups in total. The van der Waals surface area contributed by atoms with Gasteiger partial charge < -0.3 is 0 Å².